The van der Waals surface area contributed by atoms with E-state index in [0.717, 1.165) is 7.05 Å². The second kappa shape index (κ2) is 5.87. The molecular formula is C8H4F5NO3. The predicted molar refractivity (Wildman–Crippen MR) is 44.5 cm³/mol. The Morgan fingerprint density at radius 1 is 0.941 bits per heavy atom. The highest BCUT2D eigenvalue weighted by molar-refractivity contribution is 5.75. The molecule has 0 unspecified atom stereocenters. The Bertz CT molecular complexity index is 430. The topological polar surface area (TPSA) is 60.2 Å². The number of carbonyl (C=O) groups is 1. The summed E-state index contributed by atoms with van der Waals surface area (Å²) in [6.07, 6.45) is -0.434. The molecule has 1 rings (SSSR count). The molecule has 0 aliphatic heterocycles. The maximum absolute atomic E-state index is 12.5. The first-order chi connectivity index (χ1) is 7.73. The lowest BCUT2D eigenvalue weighted by molar-refractivity contribution is -0.445. The zero-order valence-corrected chi connectivity index (χ0v) is 8.14. The van der Waals surface area contributed by atoms with Crippen molar-refractivity contribution < 1.29 is 31.7 Å². The van der Waals surface area contributed by atoms with Crippen molar-refractivity contribution in [2.75, 3.05) is 7.05 Å². The van der Waals surface area contributed by atoms with E-state index >= 15 is 0 Å². The van der Waals surface area contributed by atoms with Gasteiger partial charge in [-0.3, -0.25) is 14.9 Å². The van der Waals surface area contributed by atoms with Crippen molar-refractivity contribution in [3.05, 3.63) is 44.8 Å². The van der Waals surface area contributed by atoms with Gasteiger partial charge in [0, 0.05) is 4.92 Å². The molecule has 1 aromatic rings. The van der Waals surface area contributed by atoms with Crippen LogP contribution in [0.2, 0.25) is 0 Å². The molecule has 0 spiro atoms. The van der Waals surface area contributed by atoms with E-state index in [9.17, 15) is 26.7 Å². The Balaban J connectivity index is 0.000000557. The molecule has 0 amide bonds. The van der Waals surface area contributed by atoms with E-state index in [1.807, 2.05) is 0 Å². The minimum Gasteiger partial charge on any atom is -0.298 e. The van der Waals surface area contributed by atoms with Gasteiger partial charge in [-0.25, -0.2) is 22.0 Å². The van der Waals surface area contributed by atoms with Gasteiger partial charge in [0.2, 0.25) is 5.82 Å². The maximum Gasteiger partial charge on any atom is 0.200 e. The molecule has 0 aliphatic carbocycles. The van der Waals surface area contributed by atoms with E-state index in [-0.39, 0.29) is 0 Å². The fourth-order valence-electron chi connectivity index (χ4n) is 0.725. The summed E-state index contributed by atoms with van der Waals surface area (Å²) < 4.78 is 61.7. The highest BCUT2D eigenvalue weighted by atomic mass is 19.2. The standard InChI is InChI=1S/C7HF5O.CH3NO2/c8-3-2(1-13)4(9)6(11)7(12)5(3)10;1-2(3)4/h1H;1H3. The molecule has 17 heavy (non-hydrogen) atoms. The third kappa shape index (κ3) is 3.47. The van der Waals surface area contributed by atoms with Gasteiger partial charge >= 0.3 is 0 Å². The lowest BCUT2D eigenvalue weighted by Gasteiger charge is -2.01. The van der Waals surface area contributed by atoms with Crippen molar-refractivity contribution in [1.29, 1.82) is 0 Å². The van der Waals surface area contributed by atoms with Gasteiger partial charge in [-0.05, 0) is 0 Å². The van der Waals surface area contributed by atoms with Crippen molar-refractivity contribution in [2.24, 2.45) is 0 Å². The fourth-order valence-corrected chi connectivity index (χ4v) is 0.725. The number of halogens is 5. The van der Waals surface area contributed by atoms with Crippen molar-refractivity contribution in [3.63, 3.8) is 0 Å². The van der Waals surface area contributed by atoms with Gasteiger partial charge in [0.15, 0.2) is 36.6 Å². The molecule has 0 bridgehead atoms. The van der Waals surface area contributed by atoms with Crippen molar-refractivity contribution in [3.8, 4) is 0 Å². The van der Waals surface area contributed by atoms with Gasteiger partial charge in [0.05, 0.1) is 5.56 Å². The molecule has 0 fully saturated rings. The van der Waals surface area contributed by atoms with Crippen LogP contribution >= 0.6 is 0 Å². The van der Waals surface area contributed by atoms with Crippen LogP contribution in [0, 0.1) is 39.2 Å². The lowest BCUT2D eigenvalue weighted by atomic mass is 10.2. The Morgan fingerprint density at radius 2 is 1.18 bits per heavy atom. The van der Waals surface area contributed by atoms with Crippen LogP contribution in [0.1, 0.15) is 10.4 Å². The molecule has 1 aromatic carbocycles. The average Bonchev–Trinajstić information content (AvgIpc) is 2.24. The van der Waals surface area contributed by atoms with Gasteiger partial charge in [-0.1, -0.05) is 0 Å². The first kappa shape index (κ1) is 14.9. The van der Waals surface area contributed by atoms with Crippen molar-refractivity contribution in [1.82, 2.24) is 0 Å². The van der Waals surface area contributed by atoms with E-state index in [4.69, 9.17) is 10.1 Å². The van der Waals surface area contributed by atoms with Crippen LogP contribution in [-0.4, -0.2) is 18.3 Å². The summed E-state index contributed by atoms with van der Waals surface area (Å²) in [6.45, 7) is 0. The quantitative estimate of drug-likeness (QED) is 0.193. The summed E-state index contributed by atoms with van der Waals surface area (Å²) in [5.74, 6) is -10.8. The molecule has 0 atom stereocenters. The Labute approximate surface area is 90.8 Å². The van der Waals surface area contributed by atoms with Crippen LogP contribution in [0.3, 0.4) is 0 Å². The molecule has 0 saturated carbocycles. The van der Waals surface area contributed by atoms with E-state index in [0.29, 0.717) is 0 Å². The van der Waals surface area contributed by atoms with E-state index in [1.54, 1.807) is 0 Å². The minimum absolute atomic E-state index is 0.434. The van der Waals surface area contributed by atoms with Crippen LogP contribution in [-0.2, 0) is 0 Å². The number of carbonyl (C=O) groups excluding carboxylic acids is 1. The van der Waals surface area contributed by atoms with Crippen LogP contribution in [0.5, 0.6) is 0 Å². The van der Waals surface area contributed by atoms with Gasteiger partial charge in [0.1, 0.15) is 0 Å². The highest BCUT2D eigenvalue weighted by Crippen LogP contribution is 2.21. The minimum atomic E-state index is -2.28. The zero-order valence-electron chi connectivity index (χ0n) is 8.14. The summed E-state index contributed by atoms with van der Waals surface area (Å²) in [7, 11) is 0.889. The molecule has 0 heterocycles. The summed E-state index contributed by atoms with van der Waals surface area (Å²) in [5, 5.41) is 8.81. The first-order valence-electron chi connectivity index (χ1n) is 3.78. The highest BCUT2D eigenvalue weighted by Gasteiger charge is 2.24. The summed E-state index contributed by atoms with van der Waals surface area (Å²) in [6, 6.07) is 0. The van der Waals surface area contributed by atoms with Crippen molar-refractivity contribution in [2.45, 2.75) is 0 Å². The van der Waals surface area contributed by atoms with Crippen LogP contribution in [0.15, 0.2) is 0 Å². The Morgan fingerprint density at radius 3 is 1.41 bits per heavy atom. The molecule has 0 aromatic heterocycles. The third-order valence-electron chi connectivity index (χ3n) is 1.36. The fraction of sp³-hybridized carbons (Fsp3) is 0.125. The summed E-state index contributed by atoms with van der Waals surface area (Å²) in [5.41, 5.74) is -1.46. The third-order valence-corrected chi connectivity index (χ3v) is 1.36. The number of nitro groups is 1. The Kier molecular flexibility index (Phi) is 5.16. The molecule has 0 aliphatic rings. The van der Waals surface area contributed by atoms with Gasteiger partial charge < -0.3 is 0 Å². The molecule has 0 saturated heterocycles. The van der Waals surface area contributed by atoms with Crippen LogP contribution in [0.4, 0.5) is 22.0 Å². The van der Waals surface area contributed by atoms with Gasteiger partial charge in [-0.15, -0.1) is 0 Å². The number of rotatable bonds is 1. The number of aldehydes is 1. The smallest absolute Gasteiger partial charge is 0.200 e. The van der Waals surface area contributed by atoms with E-state index < -0.39 is 45.9 Å². The molecule has 94 valence electrons. The second-order valence-corrected chi connectivity index (χ2v) is 2.54. The first-order valence-corrected chi connectivity index (χ1v) is 3.78. The van der Waals surface area contributed by atoms with Crippen LogP contribution < -0.4 is 0 Å². The predicted octanol–water partition coefficient (Wildman–Crippen LogP) is 2.09. The summed E-state index contributed by atoms with van der Waals surface area (Å²) in [4.78, 5) is 18.2. The van der Waals surface area contributed by atoms with E-state index in [1.165, 1.54) is 0 Å². The number of hydrogen-bond acceptors (Lipinski definition) is 3. The molecule has 0 N–H and O–H groups in total. The Hall–Kier alpha value is -2.06. The lowest BCUT2D eigenvalue weighted by Crippen LogP contribution is -2.05. The van der Waals surface area contributed by atoms with E-state index in [2.05, 4.69) is 0 Å². The van der Waals surface area contributed by atoms with Crippen molar-refractivity contribution >= 4 is 6.29 Å². The zero-order chi connectivity index (χ0) is 13.7. The average molecular weight is 257 g/mol. The number of hydrogen-bond donors (Lipinski definition) is 0. The summed E-state index contributed by atoms with van der Waals surface area (Å²) >= 11 is 0. The molecule has 9 heteroatoms. The van der Waals surface area contributed by atoms with Crippen LogP contribution in [0.25, 0.3) is 0 Å². The SMILES string of the molecule is C[N+](=O)[O-].O=Cc1c(F)c(F)c(F)c(F)c1F. The normalized spacial score (nSPS) is 9.29. The molecule has 4 nitrogen and oxygen atoms in total. The maximum atomic E-state index is 12.5. The molecular weight excluding hydrogens is 253 g/mol. The monoisotopic (exact) mass is 257 g/mol. The largest absolute Gasteiger partial charge is 0.298 e. The number of nitrogens with zero attached hydrogens (tertiary/aromatic N) is 1. The second-order valence-electron chi connectivity index (χ2n) is 2.54. The number of benzene rings is 1. The molecule has 0 radical (unpaired) electrons. The van der Waals surface area contributed by atoms with Gasteiger partial charge in [-0.2, -0.15) is 0 Å². The van der Waals surface area contributed by atoms with Gasteiger partial charge in [0.25, 0.3) is 0 Å².